The molecule has 11 nitrogen and oxygen atoms in total. The molecule has 7 rings (SSSR count). The number of hydrogen-bond donors (Lipinski definition) is 1. The van der Waals surface area contributed by atoms with Gasteiger partial charge in [-0.3, -0.25) is 9.69 Å². The number of hydrogen-bond acceptors (Lipinski definition) is 9. The Balaban J connectivity index is 1.40. The number of benzene rings is 2. The first-order valence-electron chi connectivity index (χ1n) is 15.2. The van der Waals surface area contributed by atoms with Gasteiger partial charge in [-0.05, 0) is 42.0 Å². The normalized spacial score (nSPS) is 16.4. The molecular formula is C32H33F3N8O3. The second-order valence-electron chi connectivity index (χ2n) is 11.4. The molecule has 0 amide bonds. The van der Waals surface area contributed by atoms with Crippen LogP contribution in [0.4, 0.5) is 18.9 Å². The van der Waals surface area contributed by atoms with Crippen LogP contribution in [0, 0.1) is 0 Å². The van der Waals surface area contributed by atoms with Crippen molar-refractivity contribution in [1.82, 2.24) is 34.8 Å². The maximum atomic E-state index is 14.5. The predicted octanol–water partition coefficient (Wildman–Crippen LogP) is 3.57. The van der Waals surface area contributed by atoms with E-state index in [-0.39, 0.29) is 22.5 Å². The van der Waals surface area contributed by atoms with Crippen LogP contribution in [0.25, 0.3) is 38.8 Å². The second-order valence-corrected chi connectivity index (χ2v) is 11.4. The smallest absolute Gasteiger partial charge is 0.418 e. The van der Waals surface area contributed by atoms with Crippen molar-refractivity contribution in [3.8, 4) is 22.7 Å². The molecule has 240 valence electrons. The summed E-state index contributed by atoms with van der Waals surface area (Å²) in [4.78, 5) is 22.3. The van der Waals surface area contributed by atoms with Gasteiger partial charge in [0.15, 0.2) is 5.52 Å². The highest BCUT2D eigenvalue weighted by atomic mass is 19.4. The molecular weight excluding hydrogens is 601 g/mol. The van der Waals surface area contributed by atoms with E-state index in [2.05, 4.69) is 25.5 Å². The molecule has 0 spiro atoms. The van der Waals surface area contributed by atoms with Gasteiger partial charge in [-0.15, -0.1) is 5.10 Å². The van der Waals surface area contributed by atoms with Gasteiger partial charge in [0.05, 0.1) is 37.1 Å². The topological polar surface area (TPSA) is 103 Å². The number of rotatable bonds is 7. The second kappa shape index (κ2) is 12.3. The monoisotopic (exact) mass is 634 g/mol. The Kier molecular flexibility index (Phi) is 8.09. The highest BCUT2D eigenvalue weighted by Gasteiger charge is 2.36. The number of aromatic nitrogens is 5. The van der Waals surface area contributed by atoms with Crippen molar-refractivity contribution < 1.29 is 22.6 Å². The first kappa shape index (κ1) is 30.1. The summed E-state index contributed by atoms with van der Waals surface area (Å²) in [5, 5.41) is 12.3. The number of ether oxygens (including phenoxy) is 2. The Hall–Kier alpha value is -4.53. The molecule has 3 aromatic heterocycles. The molecule has 0 atom stereocenters. The van der Waals surface area contributed by atoms with Gasteiger partial charge < -0.3 is 24.3 Å². The van der Waals surface area contributed by atoms with Gasteiger partial charge in [0, 0.05) is 81.3 Å². The number of methoxy groups -OCH3 is 1. The Morgan fingerprint density at radius 1 is 0.957 bits per heavy atom. The molecule has 2 fully saturated rings. The molecule has 14 heteroatoms. The first-order chi connectivity index (χ1) is 22.3. The third kappa shape index (κ3) is 5.67. The molecule has 5 aromatic rings. The zero-order chi connectivity index (χ0) is 31.8. The quantitative estimate of drug-likeness (QED) is 0.288. The first-order valence-corrected chi connectivity index (χ1v) is 15.2. The minimum atomic E-state index is -4.60. The van der Waals surface area contributed by atoms with Gasteiger partial charge in [-0.2, -0.15) is 13.2 Å². The molecule has 5 heterocycles. The number of nitrogens with one attached hydrogen (secondary N) is 1. The van der Waals surface area contributed by atoms with E-state index in [1.807, 2.05) is 24.3 Å². The number of nitrogens with zero attached hydrogens (tertiary/aromatic N) is 7. The summed E-state index contributed by atoms with van der Waals surface area (Å²) in [6.07, 6.45) is -2.92. The molecule has 2 saturated heterocycles. The van der Waals surface area contributed by atoms with Crippen molar-refractivity contribution >= 4 is 27.6 Å². The zero-order valence-electron chi connectivity index (χ0n) is 25.3. The van der Waals surface area contributed by atoms with Gasteiger partial charge >= 0.3 is 6.18 Å². The van der Waals surface area contributed by atoms with Crippen LogP contribution in [-0.4, -0.2) is 95.6 Å². The van der Waals surface area contributed by atoms with Gasteiger partial charge in [0.25, 0.3) is 5.56 Å². The van der Waals surface area contributed by atoms with E-state index in [9.17, 15) is 18.0 Å². The predicted molar refractivity (Wildman–Crippen MR) is 168 cm³/mol. The van der Waals surface area contributed by atoms with Crippen LogP contribution >= 0.6 is 0 Å². The van der Waals surface area contributed by atoms with Gasteiger partial charge in [-0.1, -0.05) is 11.3 Å². The Morgan fingerprint density at radius 2 is 1.74 bits per heavy atom. The summed E-state index contributed by atoms with van der Waals surface area (Å²) in [5.74, 6) is 0.468. The average molecular weight is 635 g/mol. The van der Waals surface area contributed by atoms with Crippen molar-refractivity contribution in [2.45, 2.75) is 12.7 Å². The summed E-state index contributed by atoms with van der Waals surface area (Å²) in [5.41, 5.74) is 1.84. The molecule has 0 bridgehead atoms. The minimum Gasteiger partial charge on any atom is -0.481 e. The molecule has 2 aromatic carbocycles. The standard InChI is InChI=1S/C32H33F3N8O3/c1-45-28-7-3-22(20-37-28)21-2-5-26-24(18-21)30-29(31(44)42(26)13-12-40-14-16-46-17-15-40)38-39-43(30)23-4-6-27(25(19-23)32(33,34)35)41-10-8-36-9-11-41/h2-7,18-20,36H,8-17H2,1H3. The number of fused-ring (bicyclic) bond motifs is 3. The van der Waals surface area contributed by atoms with Crippen molar-refractivity contribution in [3.05, 3.63) is 70.6 Å². The van der Waals surface area contributed by atoms with Gasteiger partial charge in [0.1, 0.15) is 5.52 Å². The Labute approximate surface area is 262 Å². The maximum absolute atomic E-state index is 14.5. The average Bonchev–Trinajstić information content (AvgIpc) is 3.54. The van der Waals surface area contributed by atoms with Crippen LogP contribution in [0.5, 0.6) is 5.88 Å². The number of halogens is 3. The highest BCUT2D eigenvalue weighted by Crippen LogP contribution is 2.39. The van der Waals surface area contributed by atoms with Crippen LogP contribution in [0.2, 0.25) is 0 Å². The molecule has 0 radical (unpaired) electrons. The number of piperazine rings is 1. The Morgan fingerprint density at radius 3 is 2.46 bits per heavy atom. The summed E-state index contributed by atoms with van der Waals surface area (Å²) in [7, 11) is 1.54. The molecule has 46 heavy (non-hydrogen) atoms. The Bertz CT molecular complexity index is 1930. The largest absolute Gasteiger partial charge is 0.481 e. The molecule has 0 aliphatic carbocycles. The van der Waals surface area contributed by atoms with Crippen LogP contribution in [0.3, 0.4) is 0 Å². The fourth-order valence-electron chi connectivity index (χ4n) is 6.25. The van der Waals surface area contributed by atoms with Gasteiger partial charge in [-0.25, -0.2) is 9.67 Å². The van der Waals surface area contributed by atoms with E-state index < -0.39 is 11.7 Å². The lowest BCUT2D eigenvalue weighted by molar-refractivity contribution is -0.137. The maximum Gasteiger partial charge on any atom is 0.418 e. The lowest BCUT2D eigenvalue weighted by Crippen LogP contribution is -2.44. The summed E-state index contributed by atoms with van der Waals surface area (Å²) in [6.45, 7) is 5.97. The van der Waals surface area contributed by atoms with E-state index in [0.717, 1.165) is 30.3 Å². The minimum absolute atomic E-state index is 0.0826. The number of morpholine rings is 1. The molecule has 0 saturated carbocycles. The van der Waals surface area contributed by atoms with Crippen molar-refractivity contribution in [1.29, 1.82) is 0 Å². The van der Waals surface area contributed by atoms with Crippen LogP contribution in [0.15, 0.2) is 59.5 Å². The van der Waals surface area contributed by atoms with Crippen LogP contribution in [0.1, 0.15) is 5.56 Å². The molecule has 2 aliphatic heterocycles. The summed E-state index contributed by atoms with van der Waals surface area (Å²) in [6, 6.07) is 13.5. The van der Waals surface area contributed by atoms with Crippen LogP contribution < -0.4 is 20.5 Å². The molecule has 1 N–H and O–H groups in total. The third-order valence-corrected chi connectivity index (χ3v) is 8.67. The number of alkyl halides is 3. The van der Waals surface area contributed by atoms with Crippen molar-refractivity contribution in [3.63, 3.8) is 0 Å². The van der Waals surface area contributed by atoms with E-state index in [4.69, 9.17) is 9.47 Å². The lowest BCUT2D eigenvalue weighted by Gasteiger charge is -2.31. The molecule has 2 aliphatic rings. The lowest BCUT2D eigenvalue weighted by atomic mass is 10.0. The van der Waals surface area contributed by atoms with Crippen molar-refractivity contribution in [2.24, 2.45) is 0 Å². The SMILES string of the molecule is COc1ccc(-c2ccc3c(c2)c2c(nnn2-c2ccc(N4CCNCC4)c(C(F)(F)F)c2)c(=O)n3CCN2CCOCC2)cn1. The molecule has 0 unspecified atom stereocenters. The fourth-order valence-corrected chi connectivity index (χ4v) is 6.25. The fraction of sp³-hybridized carbons (Fsp3) is 0.375. The third-order valence-electron chi connectivity index (χ3n) is 8.67. The van der Waals surface area contributed by atoms with Crippen molar-refractivity contribution in [2.75, 3.05) is 71.0 Å². The summed E-state index contributed by atoms with van der Waals surface area (Å²) >= 11 is 0. The van der Waals surface area contributed by atoms with E-state index in [0.29, 0.717) is 74.8 Å². The van der Waals surface area contributed by atoms with E-state index >= 15 is 0 Å². The van der Waals surface area contributed by atoms with Gasteiger partial charge in [0.2, 0.25) is 5.88 Å². The zero-order valence-corrected chi connectivity index (χ0v) is 25.3. The van der Waals surface area contributed by atoms with E-state index in [1.54, 1.807) is 34.9 Å². The van der Waals surface area contributed by atoms with E-state index in [1.165, 1.54) is 10.7 Å². The summed E-state index contributed by atoms with van der Waals surface area (Å²) < 4.78 is 57.1. The highest BCUT2D eigenvalue weighted by molar-refractivity contribution is 6.04. The number of anilines is 1. The van der Waals surface area contributed by atoms with Crippen LogP contribution in [-0.2, 0) is 17.5 Å². The number of pyridine rings is 2.